The van der Waals surface area contributed by atoms with Gasteiger partial charge in [-0.3, -0.25) is 0 Å². The molecule has 1 saturated heterocycles. The summed E-state index contributed by atoms with van der Waals surface area (Å²) in [6, 6.07) is 9.12. The summed E-state index contributed by atoms with van der Waals surface area (Å²) in [5.41, 5.74) is 10.8. The molecule has 2 aromatic rings. The number of halogens is 2. The number of allylic oxidation sites excluding steroid dienone is 4. The van der Waals surface area contributed by atoms with Crippen LogP contribution < -0.4 is 9.80 Å². The SMILES string of the molecule is C=C/C=C\C(=C\[CH]=[Ru]([Cl])[Cl])[O+]([CH2-])C(C)C.Cc1cc(C)c(N2[CH-]N(c3c(C)cc(C)cc3C)CC2)c(C)c1. The molecule has 0 bridgehead atoms. The third-order valence-corrected chi connectivity index (χ3v) is 8.07. The van der Waals surface area contributed by atoms with E-state index in [2.05, 4.69) is 100 Å². The first kappa shape index (κ1) is 32.3. The average molecular weight is 644 g/mol. The van der Waals surface area contributed by atoms with Gasteiger partial charge in [-0.25, -0.2) is 0 Å². The molecular formula is C32H43Cl2N2ORu-. The smallest absolute Gasteiger partial charge is 0.0146 e. The first-order valence-electron chi connectivity index (χ1n) is 12.7. The number of rotatable bonds is 7. The molecule has 0 saturated carbocycles. The van der Waals surface area contributed by atoms with Gasteiger partial charge in [0.25, 0.3) is 0 Å². The molecule has 6 heteroatoms. The Labute approximate surface area is 244 Å². The predicted octanol–water partition coefficient (Wildman–Crippen LogP) is 9.08. The van der Waals surface area contributed by atoms with Gasteiger partial charge in [0, 0.05) is 24.5 Å². The topological polar surface area (TPSA) is 9.18 Å². The second-order valence-electron chi connectivity index (χ2n) is 9.96. The molecule has 0 aliphatic carbocycles. The first-order chi connectivity index (χ1) is 17.8. The molecule has 1 fully saturated rings. The molecule has 2 aromatic carbocycles. The number of hydrogen-bond acceptors (Lipinski definition) is 2. The molecule has 1 heterocycles. The van der Waals surface area contributed by atoms with Crippen molar-refractivity contribution < 1.29 is 17.9 Å². The Morgan fingerprint density at radius 2 is 1.34 bits per heavy atom. The molecule has 0 aromatic heterocycles. The summed E-state index contributed by atoms with van der Waals surface area (Å²) >= 11 is -1.76. The fourth-order valence-electron chi connectivity index (χ4n) is 4.86. The minimum absolute atomic E-state index is 0.241. The number of nitrogens with zero attached hydrogens (tertiary/aromatic N) is 2. The first-order valence-corrected chi connectivity index (χ1v) is 18.2. The van der Waals surface area contributed by atoms with E-state index < -0.39 is 13.5 Å². The summed E-state index contributed by atoms with van der Waals surface area (Å²) in [6.45, 7) is 25.3. The Morgan fingerprint density at radius 1 is 0.921 bits per heavy atom. The van der Waals surface area contributed by atoms with E-state index in [0.717, 1.165) is 18.8 Å². The Hall–Kier alpha value is -1.87. The second kappa shape index (κ2) is 15.1. The predicted molar refractivity (Wildman–Crippen MR) is 167 cm³/mol. The van der Waals surface area contributed by atoms with Crippen LogP contribution >= 0.6 is 19.4 Å². The Kier molecular flexibility index (Phi) is 12.8. The van der Waals surface area contributed by atoms with Gasteiger partial charge in [-0.05, 0) is 63.8 Å². The quantitative estimate of drug-likeness (QED) is 0.0979. The summed E-state index contributed by atoms with van der Waals surface area (Å²) in [6.07, 6.45) is 7.56. The molecule has 0 amide bonds. The summed E-state index contributed by atoms with van der Waals surface area (Å²) in [7, 11) is 15.4. The van der Waals surface area contributed by atoms with Crippen LogP contribution in [0.15, 0.2) is 60.9 Å². The van der Waals surface area contributed by atoms with Crippen molar-refractivity contribution in [2.45, 2.75) is 61.5 Å². The van der Waals surface area contributed by atoms with Crippen molar-refractivity contribution in [2.24, 2.45) is 0 Å². The minimum Gasteiger partial charge on any atom is -0.502 e. The number of benzene rings is 2. The van der Waals surface area contributed by atoms with Gasteiger partial charge in [-0.1, -0.05) is 35.4 Å². The Morgan fingerprint density at radius 3 is 1.68 bits per heavy atom. The average Bonchev–Trinajstić information content (AvgIpc) is 3.26. The molecule has 1 aliphatic heterocycles. The van der Waals surface area contributed by atoms with Gasteiger partial charge in [0.05, 0.1) is 0 Å². The van der Waals surface area contributed by atoms with E-state index in [1.807, 2.05) is 36.7 Å². The van der Waals surface area contributed by atoms with Crippen molar-refractivity contribution >= 4 is 35.4 Å². The molecule has 0 spiro atoms. The maximum Gasteiger partial charge on any atom is 0.0146 e. The maximum atomic E-state index is 5.76. The fourth-order valence-corrected chi connectivity index (χ4v) is 5.89. The van der Waals surface area contributed by atoms with Crippen LogP contribution in [0, 0.1) is 55.3 Å². The van der Waals surface area contributed by atoms with Crippen LogP contribution in [-0.2, 0) is 17.9 Å². The summed E-state index contributed by atoms with van der Waals surface area (Å²) in [4.78, 5) is 4.81. The van der Waals surface area contributed by atoms with E-state index in [1.165, 1.54) is 44.8 Å². The van der Waals surface area contributed by atoms with Gasteiger partial charge >= 0.3 is 106 Å². The van der Waals surface area contributed by atoms with E-state index in [-0.39, 0.29) is 6.10 Å². The van der Waals surface area contributed by atoms with Gasteiger partial charge in [-0.15, -0.1) is 0 Å². The molecule has 38 heavy (non-hydrogen) atoms. The number of aryl methyl sites for hydroxylation is 6. The number of anilines is 2. The van der Waals surface area contributed by atoms with Crippen molar-refractivity contribution in [3.63, 3.8) is 0 Å². The maximum absolute atomic E-state index is 5.76. The number of hydrogen-bond donors (Lipinski definition) is 0. The zero-order chi connectivity index (χ0) is 28.6. The molecule has 1 aliphatic rings. The third-order valence-electron chi connectivity index (χ3n) is 6.29. The molecule has 0 atom stereocenters. The summed E-state index contributed by atoms with van der Waals surface area (Å²) < 4.78 is 4.56. The standard InChI is InChI=1S/C21H27N2.C11H16O.2ClH.Ru/c1-14-9-16(3)20(17(4)10-14)22-7-8-23(13-22)21-18(5)11-15(2)12-19(21)6;1-6-8-9-11(7-2)12(5)10(3)4;;;/h9-13H,7-8H2,1-6H3;2,6-10H,1,5H2,3-4H3;2*1H;/q-1;;;;+2/p-2/b;9-8-,11-7-;;;. The zero-order valence-corrected chi connectivity index (χ0v) is 27.3. The molecule has 3 nitrogen and oxygen atoms in total. The van der Waals surface area contributed by atoms with Crippen LogP contribution in [0.2, 0.25) is 0 Å². The molecule has 0 N–H and O–H groups in total. The van der Waals surface area contributed by atoms with Gasteiger partial charge in [0.2, 0.25) is 0 Å². The third kappa shape index (κ3) is 9.11. The normalized spacial score (nSPS) is 14.1. The van der Waals surface area contributed by atoms with E-state index in [1.54, 1.807) is 6.08 Å². The van der Waals surface area contributed by atoms with Gasteiger partial charge in [-0.2, -0.15) is 6.67 Å². The molecule has 3 rings (SSSR count). The second-order valence-corrected chi connectivity index (χ2v) is 15.8. The monoisotopic (exact) mass is 643 g/mol. The Balaban J connectivity index is 0.000000296. The fraction of sp³-hybridized carbons (Fsp3) is 0.344. The molecular weight excluding hydrogens is 600 g/mol. The molecule has 0 unspecified atom stereocenters. The van der Waals surface area contributed by atoms with Gasteiger partial charge in [0.1, 0.15) is 0 Å². The van der Waals surface area contributed by atoms with Gasteiger partial charge in [0.15, 0.2) is 0 Å². The van der Waals surface area contributed by atoms with Crippen LogP contribution in [0.4, 0.5) is 11.4 Å². The summed E-state index contributed by atoms with van der Waals surface area (Å²) in [5.74, 6) is 0.893. The van der Waals surface area contributed by atoms with E-state index in [0.29, 0.717) is 0 Å². The van der Waals surface area contributed by atoms with Crippen LogP contribution in [-0.4, -0.2) is 23.8 Å². The van der Waals surface area contributed by atoms with Crippen LogP contribution in [0.1, 0.15) is 47.2 Å². The molecule has 0 radical (unpaired) electrons. The Bertz CT molecular complexity index is 1100. The largest absolute Gasteiger partial charge is 0.502 e. The van der Waals surface area contributed by atoms with Crippen LogP contribution in [0.5, 0.6) is 0 Å². The summed E-state index contributed by atoms with van der Waals surface area (Å²) in [5, 5.41) is 0. The van der Waals surface area contributed by atoms with E-state index in [9.17, 15) is 0 Å². The molecule has 210 valence electrons. The van der Waals surface area contributed by atoms with E-state index in [4.69, 9.17) is 19.4 Å². The van der Waals surface area contributed by atoms with Gasteiger partial charge < -0.3 is 9.80 Å². The van der Waals surface area contributed by atoms with Crippen molar-refractivity contribution in [1.82, 2.24) is 0 Å². The van der Waals surface area contributed by atoms with Crippen molar-refractivity contribution in [3.8, 4) is 0 Å². The van der Waals surface area contributed by atoms with E-state index >= 15 is 0 Å². The van der Waals surface area contributed by atoms with Crippen LogP contribution in [0.25, 0.3) is 0 Å². The van der Waals surface area contributed by atoms with Crippen LogP contribution in [0.3, 0.4) is 0 Å². The minimum atomic E-state index is -1.76. The van der Waals surface area contributed by atoms with Crippen molar-refractivity contribution in [3.05, 3.63) is 108 Å². The van der Waals surface area contributed by atoms with Crippen molar-refractivity contribution in [2.75, 3.05) is 22.9 Å². The zero-order valence-electron chi connectivity index (χ0n) is 24.1. The van der Waals surface area contributed by atoms with Crippen molar-refractivity contribution in [1.29, 1.82) is 0 Å².